The van der Waals surface area contributed by atoms with Crippen LogP contribution in [0.5, 0.6) is 11.5 Å². The number of aliphatic hydroxyl groups is 1. The summed E-state index contributed by atoms with van der Waals surface area (Å²) >= 11 is 0. The van der Waals surface area contributed by atoms with E-state index in [0.717, 1.165) is 57.3 Å². The highest BCUT2D eigenvalue weighted by atomic mass is 16.7. The lowest BCUT2D eigenvalue weighted by atomic mass is 10.0. The summed E-state index contributed by atoms with van der Waals surface area (Å²) < 4.78 is 11.0. The van der Waals surface area contributed by atoms with E-state index in [4.69, 9.17) is 9.47 Å². The highest BCUT2D eigenvalue weighted by molar-refractivity contribution is 5.48. The molecule has 0 unspecified atom stereocenters. The number of ether oxygens (including phenoxy) is 2. The summed E-state index contributed by atoms with van der Waals surface area (Å²) in [5, 5.41) is 13.9. The molecule has 4 rings (SSSR count). The molecule has 0 aliphatic carbocycles. The molecule has 0 radical (unpaired) electrons. The van der Waals surface area contributed by atoms with E-state index in [1.54, 1.807) is 0 Å². The number of hydrogen-bond donors (Lipinski definition) is 2. The predicted octanol–water partition coefficient (Wildman–Crippen LogP) is 0.954. The second-order valence-electron chi connectivity index (χ2n) is 7.50. The van der Waals surface area contributed by atoms with Crippen LogP contribution in [-0.2, 0) is 6.54 Å². The molecule has 2 fully saturated rings. The Hall–Kier alpha value is -1.34. The highest BCUT2D eigenvalue weighted by Crippen LogP contribution is 2.35. The number of aliphatic hydroxyl groups excluding tert-OH is 1. The third-order valence-electron chi connectivity index (χ3n) is 5.67. The number of nitrogens with one attached hydrogen (secondary N) is 1. The van der Waals surface area contributed by atoms with Gasteiger partial charge in [-0.1, -0.05) is 0 Å². The van der Waals surface area contributed by atoms with Gasteiger partial charge in [0.05, 0.1) is 6.10 Å². The van der Waals surface area contributed by atoms with Gasteiger partial charge in [0.15, 0.2) is 11.5 Å². The van der Waals surface area contributed by atoms with Crippen LogP contribution in [0.15, 0.2) is 12.1 Å². The van der Waals surface area contributed by atoms with Gasteiger partial charge in [-0.3, -0.25) is 9.80 Å². The lowest BCUT2D eigenvalue weighted by Gasteiger charge is -2.34. The molecule has 138 valence electrons. The van der Waals surface area contributed by atoms with Gasteiger partial charge in [0.2, 0.25) is 6.79 Å². The van der Waals surface area contributed by atoms with Crippen LogP contribution in [0.25, 0.3) is 0 Å². The van der Waals surface area contributed by atoms with E-state index in [1.807, 2.05) is 0 Å². The molecule has 1 atom stereocenters. The second kappa shape index (κ2) is 7.50. The van der Waals surface area contributed by atoms with Crippen LogP contribution < -0.4 is 14.8 Å². The number of rotatable bonds is 3. The van der Waals surface area contributed by atoms with Crippen LogP contribution in [0.3, 0.4) is 0 Å². The van der Waals surface area contributed by atoms with Crippen LogP contribution in [-0.4, -0.2) is 73.1 Å². The van der Waals surface area contributed by atoms with E-state index in [2.05, 4.69) is 34.2 Å². The van der Waals surface area contributed by atoms with Crippen molar-refractivity contribution in [2.24, 2.45) is 0 Å². The molecule has 0 bridgehead atoms. The molecule has 0 saturated carbocycles. The van der Waals surface area contributed by atoms with Crippen LogP contribution in [0.2, 0.25) is 0 Å². The molecule has 1 aromatic carbocycles. The van der Waals surface area contributed by atoms with Crippen molar-refractivity contribution in [1.82, 2.24) is 15.1 Å². The average Bonchev–Trinajstić information content (AvgIpc) is 2.97. The van der Waals surface area contributed by atoms with Crippen LogP contribution >= 0.6 is 0 Å². The topological polar surface area (TPSA) is 57.2 Å². The van der Waals surface area contributed by atoms with Crippen molar-refractivity contribution in [2.45, 2.75) is 38.5 Å². The minimum atomic E-state index is -0.285. The molecule has 3 aliphatic rings. The van der Waals surface area contributed by atoms with Gasteiger partial charge >= 0.3 is 0 Å². The van der Waals surface area contributed by atoms with Crippen molar-refractivity contribution in [1.29, 1.82) is 0 Å². The zero-order chi connectivity index (χ0) is 17.2. The third kappa shape index (κ3) is 3.92. The monoisotopic (exact) mass is 347 g/mol. The number of benzene rings is 1. The van der Waals surface area contributed by atoms with Crippen molar-refractivity contribution in [3.05, 3.63) is 23.3 Å². The van der Waals surface area contributed by atoms with Gasteiger partial charge in [-0.05, 0) is 56.1 Å². The predicted molar refractivity (Wildman–Crippen MR) is 96.1 cm³/mol. The van der Waals surface area contributed by atoms with Crippen molar-refractivity contribution < 1.29 is 14.6 Å². The fraction of sp³-hybridized carbons (Fsp3) is 0.684. The summed E-state index contributed by atoms with van der Waals surface area (Å²) in [7, 11) is 0. The summed E-state index contributed by atoms with van der Waals surface area (Å²) in [4.78, 5) is 4.87. The lowest BCUT2D eigenvalue weighted by molar-refractivity contribution is 0.0853. The van der Waals surface area contributed by atoms with Crippen molar-refractivity contribution in [3.8, 4) is 11.5 Å². The zero-order valence-corrected chi connectivity index (χ0v) is 15.0. The number of nitrogens with zero attached hydrogens (tertiary/aromatic N) is 2. The molecule has 0 aromatic heterocycles. The number of β-amino-alcohol motifs (C(OH)–C–C–N with tert-alkyl or cyclic N) is 1. The van der Waals surface area contributed by atoms with Crippen LogP contribution in [0.4, 0.5) is 0 Å². The molecule has 6 heteroatoms. The minimum Gasteiger partial charge on any atom is -0.454 e. The van der Waals surface area contributed by atoms with E-state index in [9.17, 15) is 5.11 Å². The van der Waals surface area contributed by atoms with Gasteiger partial charge in [-0.25, -0.2) is 0 Å². The van der Waals surface area contributed by atoms with Crippen LogP contribution in [0.1, 0.15) is 24.0 Å². The molecule has 1 aromatic rings. The van der Waals surface area contributed by atoms with Gasteiger partial charge in [0.25, 0.3) is 0 Å². The van der Waals surface area contributed by atoms with Crippen LogP contribution in [0, 0.1) is 6.92 Å². The number of hydrogen-bond acceptors (Lipinski definition) is 6. The first-order chi connectivity index (χ1) is 12.2. The Morgan fingerprint density at radius 2 is 1.88 bits per heavy atom. The van der Waals surface area contributed by atoms with Gasteiger partial charge in [0, 0.05) is 38.8 Å². The van der Waals surface area contributed by atoms with E-state index in [1.165, 1.54) is 24.0 Å². The number of fused-ring (bicyclic) bond motifs is 1. The maximum absolute atomic E-state index is 10.5. The zero-order valence-electron chi connectivity index (χ0n) is 15.0. The Kier molecular flexibility index (Phi) is 5.12. The Morgan fingerprint density at radius 3 is 2.68 bits per heavy atom. The van der Waals surface area contributed by atoms with Gasteiger partial charge in [0.1, 0.15) is 0 Å². The first-order valence-electron chi connectivity index (χ1n) is 9.43. The smallest absolute Gasteiger partial charge is 0.231 e. The summed E-state index contributed by atoms with van der Waals surface area (Å²) in [6.07, 6.45) is 2.09. The summed E-state index contributed by atoms with van der Waals surface area (Å²) in [6.45, 7) is 9.02. The molecule has 25 heavy (non-hydrogen) atoms. The Labute approximate surface area is 149 Å². The molecule has 2 N–H and O–H groups in total. The standard InChI is InChI=1S/C19H29N3O3/c1-14-8-18-19(25-13-24-18)9-15(14)10-21-6-7-22(12-17(23)11-21)16-2-4-20-5-3-16/h8-9,16-17,20,23H,2-7,10-13H2,1H3/t17-/m0/s1. The molecule has 0 spiro atoms. The molecule has 6 nitrogen and oxygen atoms in total. The first kappa shape index (κ1) is 17.1. The lowest BCUT2D eigenvalue weighted by Crippen LogP contribution is -2.46. The summed E-state index contributed by atoms with van der Waals surface area (Å²) in [5.74, 6) is 1.68. The summed E-state index contributed by atoms with van der Waals surface area (Å²) in [6, 6.07) is 4.77. The highest BCUT2D eigenvalue weighted by Gasteiger charge is 2.27. The maximum Gasteiger partial charge on any atom is 0.231 e. The SMILES string of the molecule is Cc1cc2c(cc1CN1CCN(C3CCNCC3)C[C@@H](O)C1)OCO2. The normalized spacial score (nSPS) is 25.9. The maximum atomic E-state index is 10.5. The average molecular weight is 347 g/mol. The van der Waals surface area contributed by atoms with E-state index in [0.29, 0.717) is 12.8 Å². The van der Waals surface area contributed by atoms with Crippen molar-refractivity contribution >= 4 is 0 Å². The Balaban J connectivity index is 1.41. The molecular formula is C19H29N3O3. The largest absolute Gasteiger partial charge is 0.454 e. The van der Waals surface area contributed by atoms with Gasteiger partial charge < -0.3 is 19.9 Å². The fourth-order valence-electron chi connectivity index (χ4n) is 4.22. The molecular weight excluding hydrogens is 318 g/mol. The summed E-state index contributed by atoms with van der Waals surface area (Å²) in [5.41, 5.74) is 2.48. The molecule has 2 saturated heterocycles. The molecule has 0 amide bonds. The van der Waals surface area contributed by atoms with E-state index < -0.39 is 0 Å². The molecule has 3 aliphatic heterocycles. The van der Waals surface area contributed by atoms with E-state index in [-0.39, 0.29) is 6.10 Å². The fourth-order valence-corrected chi connectivity index (χ4v) is 4.22. The number of aryl methyl sites for hydroxylation is 1. The quantitative estimate of drug-likeness (QED) is 0.849. The van der Waals surface area contributed by atoms with Gasteiger partial charge in [-0.2, -0.15) is 0 Å². The minimum absolute atomic E-state index is 0.285. The molecule has 3 heterocycles. The Morgan fingerprint density at radius 1 is 1.12 bits per heavy atom. The van der Waals surface area contributed by atoms with Gasteiger partial charge in [-0.15, -0.1) is 0 Å². The Bertz CT molecular complexity index is 604. The number of piperidine rings is 1. The van der Waals surface area contributed by atoms with Crippen molar-refractivity contribution in [2.75, 3.05) is 46.1 Å². The second-order valence-corrected chi connectivity index (χ2v) is 7.50. The van der Waals surface area contributed by atoms with Crippen molar-refractivity contribution in [3.63, 3.8) is 0 Å². The third-order valence-corrected chi connectivity index (χ3v) is 5.67. The first-order valence-corrected chi connectivity index (χ1v) is 9.43. The van der Waals surface area contributed by atoms with E-state index >= 15 is 0 Å².